The number of para-hydroxylation sites is 4. The number of pyridine rings is 2. The molecular formula is C40H34N4. The van der Waals surface area contributed by atoms with Gasteiger partial charge in [-0.15, -0.1) is 0 Å². The summed E-state index contributed by atoms with van der Waals surface area (Å²) in [5.41, 5.74) is 11.8. The molecule has 4 aromatic carbocycles. The summed E-state index contributed by atoms with van der Waals surface area (Å²) in [4.78, 5) is 14.6. The van der Waals surface area contributed by atoms with Gasteiger partial charge in [-0.25, -0.2) is 9.97 Å². The van der Waals surface area contributed by atoms with Crippen LogP contribution in [0.25, 0.3) is 11.1 Å². The van der Waals surface area contributed by atoms with Crippen molar-refractivity contribution in [3.05, 3.63) is 156 Å². The Morgan fingerprint density at radius 2 is 0.682 bits per heavy atom. The third-order valence-corrected chi connectivity index (χ3v) is 9.56. The van der Waals surface area contributed by atoms with Gasteiger partial charge in [-0.05, 0) is 70.8 Å². The molecule has 0 N–H and O–H groups in total. The van der Waals surface area contributed by atoms with E-state index in [0.717, 1.165) is 22.8 Å². The molecule has 4 heterocycles. The van der Waals surface area contributed by atoms with Crippen LogP contribution in [0, 0.1) is 0 Å². The van der Waals surface area contributed by atoms with E-state index < -0.39 is 0 Å². The Hall–Kier alpha value is -5.22. The molecule has 0 amide bonds. The minimum atomic E-state index is -0.0951. The molecule has 4 heteroatoms. The molecule has 2 aliphatic heterocycles. The predicted molar refractivity (Wildman–Crippen MR) is 181 cm³/mol. The molecular weight excluding hydrogens is 536 g/mol. The molecule has 0 fully saturated rings. The van der Waals surface area contributed by atoms with Crippen molar-refractivity contribution in [3.8, 4) is 11.1 Å². The highest BCUT2D eigenvalue weighted by molar-refractivity contribution is 5.86. The summed E-state index contributed by atoms with van der Waals surface area (Å²) in [7, 11) is 0. The van der Waals surface area contributed by atoms with Crippen molar-refractivity contribution in [2.24, 2.45) is 0 Å². The Morgan fingerprint density at radius 3 is 0.955 bits per heavy atom. The van der Waals surface area contributed by atoms with Gasteiger partial charge < -0.3 is 0 Å². The number of hydrogen-bond donors (Lipinski definition) is 0. The van der Waals surface area contributed by atoms with Crippen molar-refractivity contribution in [1.29, 1.82) is 0 Å². The largest absolute Gasteiger partial charge is 0.294 e. The van der Waals surface area contributed by atoms with Gasteiger partial charge in [-0.2, -0.15) is 0 Å². The first-order chi connectivity index (χ1) is 21.4. The molecule has 214 valence electrons. The first-order valence-electron chi connectivity index (χ1n) is 15.3. The normalized spacial score (nSPS) is 15.5. The van der Waals surface area contributed by atoms with Crippen LogP contribution in [-0.2, 0) is 10.8 Å². The summed E-state index contributed by atoms with van der Waals surface area (Å²) in [5.74, 6) is 1.80. The van der Waals surface area contributed by atoms with Gasteiger partial charge in [0.05, 0.1) is 22.7 Å². The number of rotatable bonds is 3. The smallest absolute Gasteiger partial charge is 0.137 e. The van der Waals surface area contributed by atoms with Crippen LogP contribution >= 0.6 is 0 Å². The fraction of sp³-hybridized carbons (Fsp3) is 0.150. The Labute approximate surface area is 259 Å². The lowest BCUT2D eigenvalue weighted by atomic mass is 9.73. The van der Waals surface area contributed by atoms with E-state index in [-0.39, 0.29) is 10.8 Å². The Bertz CT molecular complexity index is 1780. The quantitative estimate of drug-likeness (QED) is 0.212. The van der Waals surface area contributed by atoms with Crippen LogP contribution in [0.5, 0.6) is 0 Å². The summed E-state index contributed by atoms with van der Waals surface area (Å²) in [6.07, 6.45) is 3.93. The lowest BCUT2D eigenvalue weighted by Crippen LogP contribution is -2.30. The molecule has 4 nitrogen and oxygen atoms in total. The molecule has 0 bridgehead atoms. The number of aromatic nitrogens is 2. The molecule has 0 saturated carbocycles. The summed E-state index contributed by atoms with van der Waals surface area (Å²) in [6.45, 7) is 9.21. The highest BCUT2D eigenvalue weighted by Crippen LogP contribution is 2.52. The van der Waals surface area contributed by atoms with Gasteiger partial charge in [-0.3, -0.25) is 9.80 Å². The molecule has 0 unspecified atom stereocenters. The predicted octanol–water partition coefficient (Wildman–Crippen LogP) is 10.4. The minimum absolute atomic E-state index is 0.0951. The fourth-order valence-corrected chi connectivity index (χ4v) is 7.21. The molecule has 0 atom stereocenters. The van der Waals surface area contributed by atoms with Crippen molar-refractivity contribution in [2.45, 2.75) is 38.5 Å². The average molecular weight is 571 g/mol. The van der Waals surface area contributed by atoms with Crippen LogP contribution in [0.1, 0.15) is 49.9 Å². The highest BCUT2D eigenvalue weighted by atomic mass is 15.2. The van der Waals surface area contributed by atoms with Crippen molar-refractivity contribution >= 4 is 34.4 Å². The minimum Gasteiger partial charge on any atom is -0.294 e. The molecule has 0 radical (unpaired) electrons. The van der Waals surface area contributed by atoms with Gasteiger partial charge in [0.1, 0.15) is 11.6 Å². The molecule has 44 heavy (non-hydrogen) atoms. The van der Waals surface area contributed by atoms with Gasteiger partial charge in [0.2, 0.25) is 0 Å². The third-order valence-electron chi connectivity index (χ3n) is 9.56. The molecule has 2 aromatic heterocycles. The van der Waals surface area contributed by atoms with Crippen LogP contribution in [0.4, 0.5) is 34.4 Å². The van der Waals surface area contributed by atoms with Gasteiger partial charge in [0.25, 0.3) is 0 Å². The van der Waals surface area contributed by atoms with Crippen molar-refractivity contribution in [3.63, 3.8) is 0 Å². The van der Waals surface area contributed by atoms with E-state index in [1.807, 2.05) is 12.4 Å². The molecule has 6 aromatic rings. The van der Waals surface area contributed by atoms with E-state index in [1.165, 1.54) is 45.0 Å². The number of benzene rings is 4. The van der Waals surface area contributed by atoms with E-state index in [4.69, 9.17) is 9.97 Å². The summed E-state index contributed by atoms with van der Waals surface area (Å²) < 4.78 is 0. The van der Waals surface area contributed by atoms with Crippen LogP contribution in [-0.4, -0.2) is 9.97 Å². The van der Waals surface area contributed by atoms with E-state index in [2.05, 4.69) is 159 Å². The van der Waals surface area contributed by atoms with Gasteiger partial charge >= 0.3 is 0 Å². The van der Waals surface area contributed by atoms with Crippen molar-refractivity contribution in [1.82, 2.24) is 9.97 Å². The lowest BCUT2D eigenvalue weighted by Gasteiger charge is -2.41. The van der Waals surface area contributed by atoms with Crippen LogP contribution in [0.2, 0.25) is 0 Å². The number of hydrogen-bond acceptors (Lipinski definition) is 4. The first-order valence-corrected chi connectivity index (χ1v) is 15.3. The maximum atomic E-state index is 5.00. The second-order valence-electron chi connectivity index (χ2n) is 12.8. The topological polar surface area (TPSA) is 32.3 Å². The number of anilines is 6. The summed E-state index contributed by atoms with van der Waals surface area (Å²) in [5, 5.41) is 0. The molecule has 0 aliphatic carbocycles. The maximum Gasteiger partial charge on any atom is 0.137 e. The van der Waals surface area contributed by atoms with Gasteiger partial charge in [0.15, 0.2) is 0 Å². The fourth-order valence-electron chi connectivity index (χ4n) is 7.21. The first kappa shape index (κ1) is 26.4. The monoisotopic (exact) mass is 570 g/mol. The second-order valence-corrected chi connectivity index (χ2v) is 12.8. The van der Waals surface area contributed by atoms with Crippen LogP contribution in [0.15, 0.2) is 134 Å². The number of fused-ring (bicyclic) bond motifs is 4. The zero-order valence-corrected chi connectivity index (χ0v) is 25.5. The van der Waals surface area contributed by atoms with E-state index in [0.29, 0.717) is 0 Å². The summed E-state index contributed by atoms with van der Waals surface area (Å²) >= 11 is 0. The Kier molecular flexibility index (Phi) is 5.79. The standard InChI is InChI=1S/C40H34N4/c1-39(2)29-13-5-9-17-33(29)43(34-18-10-6-14-30(34)39)37-23-21-27(25-41-37)28-22-24-38(42-26-28)44-35-19-11-7-15-31(35)40(3,4)32-16-8-12-20-36(32)44/h5-26H,1-4H3. The summed E-state index contributed by atoms with van der Waals surface area (Å²) in [6, 6.07) is 43.2. The zero-order chi connectivity index (χ0) is 30.1. The van der Waals surface area contributed by atoms with E-state index in [1.54, 1.807) is 0 Å². The van der Waals surface area contributed by atoms with E-state index >= 15 is 0 Å². The molecule has 0 spiro atoms. The molecule has 0 saturated heterocycles. The van der Waals surface area contributed by atoms with Crippen LogP contribution in [0.3, 0.4) is 0 Å². The zero-order valence-electron chi connectivity index (χ0n) is 25.5. The van der Waals surface area contributed by atoms with E-state index in [9.17, 15) is 0 Å². The molecule has 2 aliphatic rings. The van der Waals surface area contributed by atoms with Crippen molar-refractivity contribution < 1.29 is 0 Å². The Morgan fingerprint density at radius 1 is 0.386 bits per heavy atom. The SMILES string of the molecule is CC1(C)c2ccccc2N(c2ccc(-c3ccc(N4c5ccccc5C(C)(C)c5ccccc54)nc3)cn2)c2ccccc21. The lowest BCUT2D eigenvalue weighted by molar-refractivity contribution is 0.631. The van der Waals surface area contributed by atoms with Gasteiger partial charge in [0, 0.05) is 34.4 Å². The Balaban J connectivity index is 1.15. The molecule has 8 rings (SSSR count). The maximum absolute atomic E-state index is 5.00. The highest BCUT2D eigenvalue weighted by Gasteiger charge is 2.38. The van der Waals surface area contributed by atoms with Crippen molar-refractivity contribution in [2.75, 3.05) is 9.80 Å². The third kappa shape index (κ3) is 3.84. The van der Waals surface area contributed by atoms with Gasteiger partial charge in [-0.1, -0.05) is 100 Å². The van der Waals surface area contributed by atoms with Crippen LogP contribution < -0.4 is 9.80 Å². The second kappa shape index (κ2) is 9.65. The average Bonchev–Trinajstić information content (AvgIpc) is 3.06. The number of nitrogens with zero attached hydrogens (tertiary/aromatic N) is 4.